The van der Waals surface area contributed by atoms with E-state index in [9.17, 15) is 5.11 Å². The Morgan fingerprint density at radius 3 is 2.52 bits per heavy atom. The Balaban J connectivity index is 1.96. The smallest absolute Gasteiger partial charge is 0.0858 e. The molecule has 0 saturated carbocycles. The molecule has 2 atom stereocenters. The molecule has 2 nitrogen and oxygen atoms in total. The van der Waals surface area contributed by atoms with Gasteiger partial charge < -0.3 is 5.11 Å². The molecule has 21 heavy (non-hydrogen) atoms. The Morgan fingerprint density at radius 1 is 0.952 bits per heavy atom. The molecule has 0 aliphatic heterocycles. The number of pyridine rings is 1. The molecule has 0 bridgehead atoms. The van der Waals surface area contributed by atoms with Crippen LogP contribution in [0.2, 0.25) is 0 Å². The molecular formula is C19H19NO. The van der Waals surface area contributed by atoms with E-state index in [4.69, 9.17) is 0 Å². The maximum absolute atomic E-state index is 10.8. The molecule has 2 heteroatoms. The summed E-state index contributed by atoms with van der Waals surface area (Å²) in [4.78, 5) is 4.32. The molecule has 0 saturated heterocycles. The fourth-order valence-corrected chi connectivity index (χ4v) is 2.85. The van der Waals surface area contributed by atoms with Gasteiger partial charge in [0.15, 0.2) is 0 Å². The molecule has 3 rings (SSSR count). The van der Waals surface area contributed by atoms with Crippen molar-refractivity contribution in [1.82, 2.24) is 4.98 Å². The lowest BCUT2D eigenvalue weighted by atomic mass is 9.87. The fraction of sp³-hybridized carbons (Fsp3) is 0.211. The molecular weight excluding hydrogens is 258 g/mol. The first-order valence-corrected chi connectivity index (χ1v) is 7.37. The Kier molecular flexibility index (Phi) is 3.98. The van der Waals surface area contributed by atoms with Gasteiger partial charge in [-0.1, -0.05) is 49.4 Å². The lowest BCUT2D eigenvalue weighted by Gasteiger charge is -2.22. The lowest BCUT2D eigenvalue weighted by Crippen LogP contribution is -2.10. The van der Waals surface area contributed by atoms with Gasteiger partial charge in [0.2, 0.25) is 0 Å². The van der Waals surface area contributed by atoms with Gasteiger partial charge in [-0.15, -0.1) is 0 Å². The summed E-state index contributed by atoms with van der Waals surface area (Å²) in [5.74, 6) is 0.111. The normalized spacial score (nSPS) is 14.0. The molecule has 0 aliphatic carbocycles. The molecule has 3 aromatic rings. The fourth-order valence-electron chi connectivity index (χ4n) is 2.85. The van der Waals surface area contributed by atoms with Crippen LogP contribution in [-0.4, -0.2) is 10.1 Å². The van der Waals surface area contributed by atoms with Gasteiger partial charge in [-0.3, -0.25) is 4.98 Å². The van der Waals surface area contributed by atoms with Crippen molar-refractivity contribution >= 4 is 10.9 Å². The third-order valence-electron chi connectivity index (χ3n) is 4.02. The molecule has 106 valence electrons. The quantitative estimate of drug-likeness (QED) is 0.763. The molecule has 2 aromatic carbocycles. The molecule has 2 unspecified atom stereocenters. The number of rotatable bonds is 4. The van der Waals surface area contributed by atoms with E-state index in [0.29, 0.717) is 0 Å². The van der Waals surface area contributed by atoms with E-state index in [2.05, 4.69) is 24.0 Å². The second kappa shape index (κ2) is 6.06. The largest absolute Gasteiger partial charge is 0.388 e. The second-order valence-electron chi connectivity index (χ2n) is 5.33. The molecule has 0 spiro atoms. The van der Waals surface area contributed by atoms with Crippen LogP contribution in [0.4, 0.5) is 0 Å². The maximum Gasteiger partial charge on any atom is 0.0858 e. The number of benzene rings is 2. The number of aliphatic hydroxyl groups is 1. The zero-order valence-corrected chi connectivity index (χ0v) is 12.1. The van der Waals surface area contributed by atoms with Crippen LogP contribution in [0.5, 0.6) is 0 Å². The van der Waals surface area contributed by atoms with Crippen molar-refractivity contribution in [3.05, 3.63) is 78.0 Å². The second-order valence-corrected chi connectivity index (χ2v) is 5.33. The Bertz CT molecular complexity index is 724. The molecule has 1 heterocycles. The van der Waals surface area contributed by atoms with E-state index in [0.717, 1.165) is 22.9 Å². The third kappa shape index (κ3) is 2.81. The van der Waals surface area contributed by atoms with Gasteiger partial charge in [-0.05, 0) is 35.7 Å². The van der Waals surface area contributed by atoms with E-state index in [1.165, 1.54) is 5.56 Å². The van der Waals surface area contributed by atoms with Crippen molar-refractivity contribution < 1.29 is 5.11 Å². The summed E-state index contributed by atoms with van der Waals surface area (Å²) in [6.45, 7) is 2.11. The Hall–Kier alpha value is -2.19. The predicted molar refractivity (Wildman–Crippen MR) is 86.2 cm³/mol. The SMILES string of the molecule is CCC(c1ccccc1)C(O)c1ccc2ncccc2c1. The molecule has 0 aliphatic rings. The first-order valence-electron chi connectivity index (χ1n) is 7.37. The summed E-state index contributed by atoms with van der Waals surface area (Å²) >= 11 is 0. The van der Waals surface area contributed by atoms with Crippen LogP contribution in [0.25, 0.3) is 10.9 Å². The minimum absolute atomic E-state index is 0.111. The van der Waals surface area contributed by atoms with Crippen LogP contribution in [0.1, 0.15) is 36.5 Å². The zero-order chi connectivity index (χ0) is 14.7. The van der Waals surface area contributed by atoms with Crippen LogP contribution in [0.3, 0.4) is 0 Å². The van der Waals surface area contributed by atoms with Crippen LogP contribution >= 0.6 is 0 Å². The average molecular weight is 277 g/mol. The van der Waals surface area contributed by atoms with Gasteiger partial charge in [0, 0.05) is 17.5 Å². The first-order chi connectivity index (χ1) is 10.3. The van der Waals surface area contributed by atoms with Gasteiger partial charge in [-0.25, -0.2) is 0 Å². The topological polar surface area (TPSA) is 33.1 Å². The highest BCUT2D eigenvalue weighted by atomic mass is 16.3. The highest BCUT2D eigenvalue weighted by Gasteiger charge is 2.21. The van der Waals surface area contributed by atoms with Gasteiger partial charge in [0.25, 0.3) is 0 Å². The van der Waals surface area contributed by atoms with Crippen LogP contribution < -0.4 is 0 Å². The van der Waals surface area contributed by atoms with E-state index in [1.807, 2.05) is 48.5 Å². The maximum atomic E-state index is 10.8. The number of aromatic nitrogens is 1. The van der Waals surface area contributed by atoms with Gasteiger partial charge in [0.1, 0.15) is 0 Å². The minimum atomic E-state index is -0.498. The minimum Gasteiger partial charge on any atom is -0.388 e. The third-order valence-corrected chi connectivity index (χ3v) is 4.02. The van der Waals surface area contributed by atoms with E-state index < -0.39 is 6.10 Å². The van der Waals surface area contributed by atoms with Crippen LogP contribution in [0.15, 0.2) is 66.9 Å². The number of aliphatic hydroxyl groups excluding tert-OH is 1. The summed E-state index contributed by atoms with van der Waals surface area (Å²) < 4.78 is 0. The molecule has 1 N–H and O–H groups in total. The van der Waals surface area contributed by atoms with Crippen molar-refractivity contribution in [2.75, 3.05) is 0 Å². The summed E-state index contributed by atoms with van der Waals surface area (Å²) in [5, 5.41) is 11.8. The Labute approximate surface area is 125 Å². The number of hydrogen-bond acceptors (Lipinski definition) is 2. The van der Waals surface area contributed by atoms with Crippen LogP contribution in [0, 0.1) is 0 Å². The summed E-state index contributed by atoms with van der Waals surface area (Å²) in [6, 6.07) is 20.2. The van der Waals surface area contributed by atoms with Crippen LogP contribution in [-0.2, 0) is 0 Å². The average Bonchev–Trinajstić information content (AvgIpc) is 2.56. The van der Waals surface area contributed by atoms with Crippen molar-refractivity contribution in [1.29, 1.82) is 0 Å². The number of nitrogens with zero attached hydrogens (tertiary/aromatic N) is 1. The van der Waals surface area contributed by atoms with Gasteiger partial charge >= 0.3 is 0 Å². The predicted octanol–water partition coefficient (Wildman–Crippen LogP) is 4.46. The van der Waals surface area contributed by atoms with Gasteiger partial charge in [0.05, 0.1) is 11.6 Å². The van der Waals surface area contributed by atoms with E-state index in [1.54, 1.807) is 6.20 Å². The lowest BCUT2D eigenvalue weighted by molar-refractivity contribution is 0.142. The number of hydrogen-bond donors (Lipinski definition) is 1. The van der Waals surface area contributed by atoms with E-state index >= 15 is 0 Å². The molecule has 0 amide bonds. The van der Waals surface area contributed by atoms with Gasteiger partial charge in [-0.2, -0.15) is 0 Å². The summed E-state index contributed by atoms with van der Waals surface area (Å²) in [6.07, 6.45) is 2.19. The van der Waals surface area contributed by atoms with Crippen molar-refractivity contribution in [2.45, 2.75) is 25.4 Å². The summed E-state index contributed by atoms with van der Waals surface area (Å²) in [7, 11) is 0. The molecule has 0 fully saturated rings. The van der Waals surface area contributed by atoms with E-state index in [-0.39, 0.29) is 5.92 Å². The zero-order valence-electron chi connectivity index (χ0n) is 12.1. The number of fused-ring (bicyclic) bond motifs is 1. The highest BCUT2D eigenvalue weighted by molar-refractivity contribution is 5.79. The Morgan fingerprint density at radius 2 is 1.76 bits per heavy atom. The van der Waals surface area contributed by atoms with Crippen molar-refractivity contribution in [3.8, 4) is 0 Å². The molecule has 0 radical (unpaired) electrons. The molecule has 1 aromatic heterocycles. The summed E-state index contributed by atoms with van der Waals surface area (Å²) in [5.41, 5.74) is 3.09. The van der Waals surface area contributed by atoms with Crippen molar-refractivity contribution in [2.24, 2.45) is 0 Å². The first kappa shape index (κ1) is 13.8. The standard InChI is InChI=1S/C19H19NO/c1-2-17(14-7-4-3-5-8-14)19(21)16-10-11-18-15(13-16)9-6-12-20-18/h3-13,17,19,21H,2H2,1H3. The monoisotopic (exact) mass is 277 g/mol. The highest BCUT2D eigenvalue weighted by Crippen LogP contribution is 2.34. The van der Waals surface area contributed by atoms with Crippen molar-refractivity contribution in [3.63, 3.8) is 0 Å².